The van der Waals surface area contributed by atoms with Crippen LogP contribution in [0.1, 0.15) is 5.69 Å². The molecular weight excluding hydrogens is 296 g/mol. The molecule has 0 bridgehead atoms. The van der Waals surface area contributed by atoms with Gasteiger partial charge in [0.15, 0.2) is 0 Å². The number of aromatic nitrogens is 3. The van der Waals surface area contributed by atoms with E-state index in [2.05, 4.69) is 25.6 Å². The summed E-state index contributed by atoms with van der Waals surface area (Å²) in [5, 5.41) is 17.9. The van der Waals surface area contributed by atoms with Crippen molar-refractivity contribution in [3.63, 3.8) is 0 Å². The predicted molar refractivity (Wildman–Crippen MR) is 88.0 cm³/mol. The van der Waals surface area contributed by atoms with Crippen molar-refractivity contribution in [2.75, 3.05) is 17.7 Å². The minimum Gasteiger partial charge on any atom is -0.367 e. The van der Waals surface area contributed by atoms with Gasteiger partial charge in [-0.05, 0) is 31.2 Å². The molecule has 1 aromatic carbocycles. The highest BCUT2D eigenvalue weighted by atomic mass is 16.6. The van der Waals surface area contributed by atoms with Crippen molar-refractivity contribution in [2.45, 2.75) is 6.92 Å². The lowest BCUT2D eigenvalue weighted by Gasteiger charge is -2.10. The fraction of sp³-hybridized carbons (Fsp3) is 0.133. The van der Waals surface area contributed by atoms with Crippen LogP contribution in [0.5, 0.6) is 0 Å². The molecule has 2 aromatic heterocycles. The fourth-order valence-electron chi connectivity index (χ4n) is 2.32. The second-order valence-electron chi connectivity index (χ2n) is 4.88. The van der Waals surface area contributed by atoms with Crippen molar-refractivity contribution in [1.29, 1.82) is 0 Å². The normalized spacial score (nSPS) is 10.5. The van der Waals surface area contributed by atoms with E-state index in [9.17, 15) is 10.1 Å². The molecule has 0 unspecified atom stereocenters. The Bertz CT molecular complexity index is 896. The number of aryl methyl sites for hydroxylation is 1. The Morgan fingerprint density at radius 1 is 1.13 bits per heavy atom. The van der Waals surface area contributed by atoms with Gasteiger partial charge in [0.25, 0.3) is 0 Å². The average molecular weight is 310 g/mol. The molecule has 0 fully saturated rings. The highest BCUT2D eigenvalue weighted by molar-refractivity contribution is 5.94. The van der Waals surface area contributed by atoms with Gasteiger partial charge >= 0.3 is 5.69 Å². The van der Waals surface area contributed by atoms with E-state index < -0.39 is 4.92 Å². The number of hydrogen-bond donors (Lipinski definition) is 2. The van der Waals surface area contributed by atoms with Gasteiger partial charge < -0.3 is 10.6 Å². The molecular formula is C15H14N6O2. The molecule has 0 radical (unpaired) electrons. The van der Waals surface area contributed by atoms with E-state index in [1.165, 1.54) is 6.33 Å². The number of hydrogen-bond acceptors (Lipinski definition) is 7. The zero-order valence-corrected chi connectivity index (χ0v) is 12.6. The van der Waals surface area contributed by atoms with Crippen LogP contribution < -0.4 is 10.6 Å². The van der Waals surface area contributed by atoms with Crippen molar-refractivity contribution in [1.82, 2.24) is 15.0 Å². The number of pyridine rings is 1. The Balaban J connectivity index is 2.11. The topological polar surface area (TPSA) is 106 Å². The number of benzene rings is 1. The van der Waals surface area contributed by atoms with Gasteiger partial charge in [0.2, 0.25) is 11.6 Å². The fourth-order valence-corrected chi connectivity index (χ4v) is 2.32. The van der Waals surface area contributed by atoms with Crippen LogP contribution in [-0.2, 0) is 0 Å². The minimum atomic E-state index is -0.512. The highest BCUT2D eigenvalue weighted by Crippen LogP contribution is 2.32. The molecule has 0 aliphatic rings. The Hall–Kier alpha value is -3.29. The van der Waals surface area contributed by atoms with E-state index in [1.807, 2.05) is 37.3 Å². The Labute approximate surface area is 131 Å². The first kappa shape index (κ1) is 14.6. The lowest BCUT2D eigenvalue weighted by Crippen LogP contribution is -2.05. The van der Waals surface area contributed by atoms with E-state index in [0.717, 1.165) is 16.6 Å². The van der Waals surface area contributed by atoms with E-state index in [1.54, 1.807) is 7.05 Å². The molecule has 3 aromatic rings. The SMILES string of the molecule is CNc1ncnc(Nc2cccc3nc(C)ccc23)c1[N+](=O)[O-]. The molecule has 23 heavy (non-hydrogen) atoms. The Kier molecular flexibility index (Phi) is 3.71. The van der Waals surface area contributed by atoms with Crippen LogP contribution in [0.25, 0.3) is 10.9 Å². The number of nitro groups is 1. The summed E-state index contributed by atoms with van der Waals surface area (Å²) in [7, 11) is 1.57. The smallest absolute Gasteiger partial charge is 0.353 e. The molecule has 0 aliphatic heterocycles. The molecule has 2 heterocycles. The molecule has 8 heteroatoms. The van der Waals surface area contributed by atoms with E-state index in [0.29, 0.717) is 5.69 Å². The van der Waals surface area contributed by atoms with E-state index >= 15 is 0 Å². The van der Waals surface area contributed by atoms with Crippen molar-refractivity contribution < 1.29 is 4.92 Å². The third-order valence-electron chi connectivity index (χ3n) is 3.37. The second-order valence-corrected chi connectivity index (χ2v) is 4.88. The third-order valence-corrected chi connectivity index (χ3v) is 3.37. The van der Waals surface area contributed by atoms with Crippen molar-refractivity contribution in [3.8, 4) is 0 Å². The number of nitrogens with zero attached hydrogens (tertiary/aromatic N) is 4. The summed E-state index contributed by atoms with van der Waals surface area (Å²) < 4.78 is 0. The van der Waals surface area contributed by atoms with Gasteiger partial charge in [0, 0.05) is 23.8 Å². The van der Waals surface area contributed by atoms with Crippen molar-refractivity contribution in [2.24, 2.45) is 0 Å². The summed E-state index contributed by atoms with van der Waals surface area (Å²) in [5.74, 6) is 0.282. The zero-order valence-electron chi connectivity index (χ0n) is 12.6. The van der Waals surface area contributed by atoms with Gasteiger partial charge in [0.05, 0.1) is 10.4 Å². The Morgan fingerprint density at radius 3 is 2.65 bits per heavy atom. The third kappa shape index (κ3) is 2.73. The maximum Gasteiger partial charge on any atom is 0.353 e. The second kappa shape index (κ2) is 5.84. The summed E-state index contributed by atoms with van der Waals surface area (Å²) >= 11 is 0. The summed E-state index contributed by atoms with van der Waals surface area (Å²) in [5.41, 5.74) is 2.20. The standard InChI is InChI=1S/C15H14N6O2/c1-9-6-7-10-11(19-9)4-3-5-12(10)20-15-13(21(22)23)14(16-2)17-8-18-15/h3-8H,1-2H3,(H2,16,17,18,20). The van der Waals surface area contributed by atoms with Gasteiger partial charge in [0.1, 0.15) is 6.33 Å². The predicted octanol–water partition coefficient (Wildman–Crippen LogP) is 3.03. The summed E-state index contributed by atoms with van der Waals surface area (Å²) in [4.78, 5) is 23.2. The molecule has 0 atom stereocenters. The lowest BCUT2D eigenvalue weighted by molar-refractivity contribution is -0.383. The first-order chi connectivity index (χ1) is 11.1. The average Bonchev–Trinajstić information content (AvgIpc) is 2.54. The maximum atomic E-state index is 11.3. The van der Waals surface area contributed by atoms with Gasteiger partial charge in [-0.3, -0.25) is 15.1 Å². The number of fused-ring (bicyclic) bond motifs is 1. The largest absolute Gasteiger partial charge is 0.367 e. The first-order valence-electron chi connectivity index (χ1n) is 6.90. The lowest BCUT2D eigenvalue weighted by atomic mass is 10.1. The molecule has 0 saturated carbocycles. The monoisotopic (exact) mass is 310 g/mol. The number of nitrogens with one attached hydrogen (secondary N) is 2. The summed E-state index contributed by atoms with van der Waals surface area (Å²) in [6, 6.07) is 9.36. The van der Waals surface area contributed by atoms with Crippen LogP contribution in [0.4, 0.5) is 23.0 Å². The van der Waals surface area contributed by atoms with E-state index in [4.69, 9.17) is 0 Å². The number of anilines is 3. The molecule has 0 amide bonds. The van der Waals surface area contributed by atoms with Gasteiger partial charge in [-0.25, -0.2) is 9.97 Å². The van der Waals surface area contributed by atoms with Gasteiger partial charge in [-0.2, -0.15) is 0 Å². The maximum absolute atomic E-state index is 11.3. The van der Waals surface area contributed by atoms with Crippen LogP contribution in [0.15, 0.2) is 36.7 Å². The minimum absolute atomic E-state index is 0.127. The van der Waals surface area contributed by atoms with E-state index in [-0.39, 0.29) is 17.3 Å². The highest BCUT2D eigenvalue weighted by Gasteiger charge is 2.22. The molecule has 0 saturated heterocycles. The van der Waals surface area contributed by atoms with Crippen LogP contribution >= 0.6 is 0 Å². The number of rotatable bonds is 4. The quantitative estimate of drug-likeness (QED) is 0.563. The zero-order chi connectivity index (χ0) is 16.4. The molecule has 0 spiro atoms. The van der Waals surface area contributed by atoms with Crippen LogP contribution in [-0.4, -0.2) is 26.9 Å². The summed E-state index contributed by atoms with van der Waals surface area (Å²) in [6.07, 6.45) is 1.27. The van der Waals surface area contributed by atoms with Crippen molar-refractivity contribution >= 4 is 33.9 Å². The molecule has 3 rings (SSSR count). The molecule has 0 aliphatic carbocycles. The molecule has 2 N–H and O–H groups in total. The van der Waals surface area contributed by atoms with Crippen LogP contribution in [0.2, 0.25) is 0 Å². The van der Waals surface area contributed by atoms with Gasteiger partial charge in [-0.15, -0.1) is 0 Å². The van der Waals surface area contributed by atoms with Crippen LogP contribution in [0.3, 0.4) is 0 Å². The van der Waals surface area contributed by atoms with Crippen molar-refractivity contribution in [3.05, 3.63) is 52.5 Å². The first-order valence-corrected chi connectivity index (χ1v) is 6.90. The summed E-state index contributed by atoms with van der Waals surface area (Å²) in [6.45, 7) is 1.91. The van der Waals surface area contributed by atoms with Crippen LogP contribution in [0, 0.1) is 17.0 Å². The van der Waals surface area contributed by atoms with Gasteiger partial charge in [-0.1, -0.05) is 6.07 Å². The molecule has 8 nitrogen and oxygen atoms in total. The Morgan fingerprint density at radius 2 is 1.91 bits per heavy atom. The molecule has 116 valence electrons.